The predicted octanol–water partition coefficient (Wildman–Crippen LogP) is 2.23. The fourth-order valence-electron chi connectivity index (χ4n) is 2.43. The van der Waals surface area contributed by atoms with Gasteiger partial charge in [-0.15, -0.1) is 16.4 Å². The molecule has 0 saturated carbocycles. The Kier molecular flexibility index (Phi) is 4.23. The molecule has 3 rings (SSSR count). The van der Waals surface area contributed by atoms with Crippen LogP contribution in [0.15, 0.2) is 18.3 Å². The van der Waals surface area contributed by atoms with Gasteiger partial charge in [0.2, 0.25) is 0 Å². The third-order valence-corrected chi connectivity index (χ3v) is 4.68. The molecule has 0 spiro atoms. The normalized spacial score (nSPS) is 18.4. The highest BCUT2D eigenvalue weighted by Gasteiger charge is 2.29. The number of carbonyl (C=O) groups is 1. The fraction of sp³-hybridized carbons (Fsp3) is 0.462. The molecule has 112 valence electrons. The molecular formula is C13H15ClN4O2S. The third kappa shape index (κ3) is 3.09. The smallest absolute Gasteiger partial charge is 0.264 e. The molecule has 6 nitrogen and oxygen atoms in total. The van der Waals surface area contributed by atoms with Gasteiger partial charge >= 0.3 is 0 Å². The van der Waals surface area contributed by atoms with E-state index in [0.717, 1.165) is 18.7 Å². The Hall–Kier alpha value is -1.44. The van der Waals surface area contributed by atoms with Gasteiger partial charge in [-0.05, 0) is 18.6 Å². The van der Waals surface area contributed by atoms with Gasteiger partial charge in [-0.25, -0.2) is 4.68 Å². The Bertz CT molecular complexity index is 642. The zero-order valence-corrected chi connectivity index (χ0v) is 13.1. The minimum Gasteiger partial charge on any atom is -0.378 e. The number of amides is 1. The topological polar surface area (TPSA) is 60.2 Å². The molecule has 1 amide bonds. The average molecular weight is 327 g/mol. The van der Waals surface area contributed by atoms with Crippen molar-refractivity contribution in [3.8, 4) is 0 Å². The summed E-state index contributed by atoms with van der Waals surface area (Å²) in [5.74, 6) is 0.0339. The number of halogens is 1. The maximum absolute atomic E-state index is 12.4. The summed E-state index contributed by atoms with van der Waals surface area (Å²) in [6, 6.07) is 3.69. The molecule has 8 heteroatoms. The first-order chi connectivity index (χ1) is 10.2. The van der Waals surface area contributed by atoms with Gasteiger partial charge in [0.1, 0.15) is 5.69 Å². The van der Waals surface area contributed by atoms with Crippen LogP contribution in [0.3, 0.4) is 0 Å². The summed E-state index contributed by atoms with van der Waals surface area (Å²) in [5, 5.41) is 8.17. The molecule has 1 saturated heterocycles. The number of ether oxygens (including phenoxy) is 1. The van der Waals surface area contributed by atoms with Crippen molar-refractivity contribution >= 4 is 28.8 Å². The molecule has 0 bridgehead atoms. The summed E-state index contributed by atoms with van der Waals surface area (Å²) >= 11 is 7.20. The van der Waals surface area contributed by atoms with Crippen LogP contribution in [0.4, 0.5) is 0 Å². The molecule has 1 atom stereocenters. The molecule has 0 radical (unpaired) electrons. The summed E-state index contributed by atoms with van der Waals surface area (Å²) in [4.78, 5) is 14.9. The molecule has 0 aromatic carbocycles. The summed E-state index contributed by atoms with van der Waals surface area (Å²) < 4.78 is 7.49. The number of nitrogens with zero attached hydrogens (tertiary/aromatic N) is 4. The number of likely N-dealkylation sites (tertiary alicyclic amines) is 1. The Morgan fingerprint density at radius 1 is 1.57 bits per heavy atom. The lowest BCUT2D eigenvalue weighted by Crippen LogP contribution is -2.28. The first-order valence-electron chi connectivity index (χ1n) is 6.61. The highest BCUT2D eigenvalue weighted by atomic mass is 35.5. The lowest BCUT2D eigenvalue weighted by Gasteiger charge is -2.15. The van der Waals surface area contributed by atoms with Crippen LogP contribution in [-0.2, 0) is 11.3 Å². The van der Waals surface area contributed by atoms with E-state index in [4.69, 9.17) is 16.3 Å². The van der Waals surface area contributed by atoms with Crippen molar-refractivity contribution in [2.75, 3.05) is 20.2 Å². The summed E-state index contributed by atoms with van der Waals surface area (Å²) in [6.07, 6.45) is 2.75. The van der Waals surface area contributed by atoms with Crippen molar-refractivity contribution in [2.24, 2.45) is 0 Å². The number of thiophene rings is 1. The predicted molar refractivity (Wildman–Crippen MR) is 79.6 cm³/mol. The molecule has 0 unspecified atom stereocenters. The maximum atomic E-state index is 12.4. The standard InChI is InChI=1S/C13H15ClN4O2S/c1-20-8-9-6-18(16-15-9)10-4-5-17(7-10)13(19)11-2-3-12(14)21-11/h2-3,6,10H,4-5,7-8H2,1H3/t10-/m0/s1. The molecule has 0 aliphatic carbocycles. The van der Waals surface area contributed by atoms with Crippen molar-refractivity contribution in [1.82, 2.24) is 19.9 Å². The number of aromatic nitrogens is 3. The van der Waals surface area contributed by atoms with Crippen molar-refractivity contribution in [3.05, 3.63) is 33.2 Å². The Balaban J connectivity index is 1.65. The second-order valence-electron chi connectivity index (χ2n) is 4.92. The van der Waals surface area contributed by atoms with E-state index in [0.29, 0.717) is 22.4 Å². The minimum atomic E-state index is 0.0339. The molecule has 1 aliphatic heterocycles. The van der Waals surface area contributed by atoms with E-state index in [-0.39, 0.29) is 11.9 Å². The van der Waals surface area contributed by atoms with E-state index in [2.05, 4.69) is 10.3 Å². The Morgan fingerprint density at radius 2 is 2.43 bits per heavy atom. The van der Waals surface area contributed by atoms with Crippen LogP contribution in [0.1, 0.15) is 27.8 Å². The van der Waals surface area contributed by atoms with Crippen molar-refractivity contribution in [3.63, 3.8) is 0 Å². The van der Waals surface area contributed by atoms with E-state index in [1.165, 1.54) is 11.3 Å². The maximum Gasteiger partial charge on any atom is 0.264 e. The fourth-order valence-corrected chi connectivity index (χ4v) is 3.44. The number of hydrogen-bond acceptors (Lipinski definition) is 5. The molecule has 1 fully saturated rings. The van der Waals surface area contributed by atoms with Crippen LogP contribution >= 0.6 is 22.9 Å². The first kappa shape index (κ1) is 14.5. The van der Waals surface area contributed by atoms with Gasteiger partial charge in [-0.1, -0.05) is 16.8 Å². The van der Waals surface area contributed by atoms with E-state index < -0.39 is 0 Å². The molecule has 1 aliphatic rings. The first-order valence-corrected chi connectivity index (χ1v) is 7.81. The van der Waals surface area contributed by atoms with Gasteiger partial charge in [0.15, 0.2) is 0 Å². The Labute approximate surface area is 131 Å². The van der Waals surface area contributed by atoms with Gasteiger partial charge in [0, 0.05) is 20.2 Å². The highest BCUT2D eigenvalue weighted by Crippen LogP contribution is 2.27. The van der Waals surface area contributed by atoms with E-state index in [1.54, 1.807) is 19.2 Å². The third-order valence-electron chi connectivity index (χ3n) is 3.46. The van der Waals surface area contributed by atoms with E-state index in [9.17, 15) is 4.79 Å². The Morgan fingerprint density at radius 3 is 3.14 bits per heavy atom. The monoisotopic (exact) mass is 326 g/mol. The van der Waals surface area contributed by atoms with Crippen LogP contribution in [0.5, 0.6) is 0 Å². The lowest BCUT2D eigenvalue weighted by molar-refractivity contribution is 0.0791. The average Bonchev–Trinajstić information content (AvgIpc) is 3.17. The minimum absolute atomic E-state index is 0.0339. The second-order valence-corrected chi connectivity index (χ2v) is 6.64. The van der Waals surface area contributed by atoms with Crippen LogP contribution in [0.2, 0.25) is 4.34 Å². The van der Waals surface area contributed by atoms with Gasteiger partial charge in [-0.3, -0.25) is 4.79 Å². The number of rotatable bonds is 4. The van der Waals surface area contributed by atoms with Crippen molar-refractivity contribution in [1.29, 1.82) is 0 Å². The van der Waals surface area contributed by atoms with Gasteiger partial charge in [0.05, 0.1) is 28.1 Å². The molecule has 21 heavy (non-hydrogen) atoms. The summed E-state index contributed by atoms with van der Waals surface area (Å²) in [6.45, 7) is 1.81. The van der Waals surface area contributed by atoms with Gasteiger partial charge in [0.25, 0.3) is 5.91 Å². The largest absolute Gasteiger partial charge is 0.378 e. The number of carbonyl (C=O) groups excluding carboxylic acids is 1. The zero-order valence-electron chi connectivity index (χ0n) is 11.5. The molecule has 3 heterocycles. The van der Waals surface area contributed by atoms with E-state index in [1.807, 2.05) is 15.8 Å². The van der Waals surface area contributed by atoms with Crippen LogP contribution in [-0.4, -0.2) is 46.0 Å². The lowest BCUT2D eigenvalue weighted by atomic mass is 10.3. The van der Waals surface area contributed by atoms with Gasteiger partial charge < -0.3 is 9.64 Å². The SMILES string of the molecule is COCc1cn([C@H]2CCN(C(=O)c3ccc(Cl)s3)C2)nn1. The molecular weight excluding hydrogens is 312 g/mol. The van der Waals surface area contributed by atoms with Gasteiger partial charge in [-0.2, -0.15) is 0 Å². The summed E-state index contributed by atoms with van der Waals surface area (Å²) in [7, 11) is 1.63. The van der Waals surface area contributed by atoms with E-state index >= 15 is 0 Å². The zero-order chi connectivity index (χ0) is 14.8. The number of methoxy groups -OCH3 is 1. The second kappa shape index (κ2) is 6.13. The van der Waals surface area contributed by atoms with Crippen LogP contribution in [0.25, 0.3) is 0 Å². The molecule has 2 aromatic heterocycles. The quantitative estimate of drug-likeness (QED) is 0.864. The van der Waals surface area contributed by atoms with Crippen molar-refractivity contribution < 1.29 is 9.53 Å². The van der Waals surface area contributed by atoms with Crippen LogP contribution in [0, 0.1) is 0 Å². The number of hydrogen-bond donors (Lipinski definition) is 0. The van der Waals surface area contributed by atoms with Crippen molar-refractivity contribution in [2.45, 2.75) is 19.1 Å². The molecule has 2 aromatic rings. The summed E-state index contributed by atoms with van der Waals surface area (Å²) in [5.41, 5.74) is 0.798. The molecule has 0 N–H and O–H groups in total. The highest BCUT2D eigenvalue weighted by molar-refractivity contribution is 7.17. The van der Waals surface area contributed by atoms with Crippen LogP contribution < -0.4 is 0 Å².